The van der Waals surface area contributed by atoms with E-state index in [0.717, 1.165) is 12.0 Å². The Morgan fingerprint density at radius 1 is 0.818 bits per heavy atom. The van der Waals surface area contributed by atoms with Crippen LogP contribution in [0.4, 0.5) is 0 Å². The maximum Gasteiger partial charge on any atom is 0.309 e. The maximum atomic E-state index is 12.8. The van der Waals surface area contributed by atoms with Crippen molar-refractivity contribution in [3.63, 3.8) is 0 Å². The van der Waals surface area contributed by atoms with Crippen LogP contribution in [0, 0.1) is 17.8 Å². The van der Waals surface area contributed by atoms with Crippen molar-refractivity contribution in [1.29, 1.82) is 0 Å². The molecule has 0 saturated carbocycles. The maximum absolute atomic E-state index is 12.8. The van der Waals surface area contributed by atoms with Gasteiger partial charge in [0.05, 0.1) is 24.4 Å². The number of carbonyl (C=O) groups is 3. The van der Waals surface area contributed by atoms with E-state index in [0.29, 0.717) is 51.4 Å². The minimum absolute atomic E-state index is 0.00431. The lowest BCUT2D eigenvalue weighted by Crippen LogP contribution is -2.22. The van der Waals surface area contributed by atoms with Crippen molar-refractivity contribution < 1.29 is 34.1 Å². The van der Waals surface area contributed by atoms with Crippen LogP contribution in [-0.4, -0.2) is 41.3 Å². The third-order valence-corrected chi connectivity index (χ3v) is 5.92. The molecule has 0 aliphatic carbocycles. The fourth-order valence-corrected chi connectivity index (χ4v) is 3.94. The Balaban J connectivity index is 2.67. The normalized spacial score (nSPS) is 13.7. The minimum atomic E-state index is -0.801. The Morgan fingerprint density at radius 2 is 1.36 bits per heavy atom. The van der Waals surface area contributed by atoms with Crippen LogP contribution in [0.1, 0.15) is 77.2 Å². The molecular formula is C26H40O7. The van der Waals surface area contributed by atoms with E-state index < -0.39 is 11.9 Å². The number of hydrogen-bond donors (Lipinski definition) is 2. The number of ether oxygens (including phenoxy) is 2. The largest absolute Gasteiger partial charge is 0.481 e. The second kappa shape index (κ2) is 17.1. The van der Waals surface area contributed by atoms with Crippen LogP contribution in [-0.2, 0) is 30.5 Å². The smallest absolute Gasteiger partial charge is 0.309 e. The number of esters is 2. The highest BCUT2D eigenvalue weighted by Crippen LogP contribution is 2.24. The summed E-state index contributed by atoms with van der Waals surface area (Å²) in [4.78, 5) is 36.3. The van der Waals surface area contributed by atoms with Gasteiger partial charge in [-0.1, -0.05) is 63.4 Å². The molecule has 186 valence electrons. The van der Waals surface area contributed by atoms with Crippen molar-refractivity contribution in [1.82, 2.24) is 0 Å². The zero-order chi connectivity index (χ0) is 24.5. The van der Waals surface area contributed by atoms with Gasteiger partial charge in [-0.05, 0) is 44.1 Å². The molecule has 1 aromatic rings. The molecule has 0 saturated heterocycles. The molecule has 7 nitrogen and oxygen atoms in total. The molecular weight excluding hydrogens is 424 g/mol. The lowest BCUT2D eigenvalue weighted by Gasteiger charge is -2.19. The van der Waals surface area contributed by atoms with Crippen LogP contribution >= 0.6 is 0 Å². The fraction of sp³-hybridized carbons (Fsp3) is 0.654. The second-order valence-corrected chi connectivity index (χ2v) is 8.47. The second-order valence-electron chi connectivity index (χ2n) is 8.47. The first-order valence-electron chi connectivity index (χ1n) is 12.1. The lowest BCUT2D eigenvalue weighted by molar-refractivity contribution is -0.150. The van der Waals surface area contributed by atoms with Gasteiger partial charge in [-0.3, -0.25) is 14.4 Å². The van der Waals surface area contributed by atoms with Gasteiger partial charge in [-0.2, -0.15) is 0 Å². The minimum Gasteiger partial charge on any atom is -0.481 e. The summed E-state index contributed by atoms with van der Waals surface area (Å²) in [6.07, 6.45) is 5.67. The number of aliphatic hydroxyl groups is 1. The van der Waals surface area contributed by atoms with Crippen LogP contribution in [0.5, 0.6) is 0 Å². The number of aliphatic hydroxyl groups excluding tert-OH is 1. The molecule has 0 radical (unpaired) electrons. The molecule has 1 aromatic carbocycles. The van der Waals surface area contributed by atoms with E-state index in [1.54, 1.807) is 0 Å². The van der Waals surface area contributed by atoms with Crippen molar-refractivity contribution in [2.45, 2.75) is 78.2 Å². The molecule has 0 heterocycles. The van der Waals surface area contributed by atoms with Gasteiger partial charge in [0.2, 0.25) is 0 Å². The number of carbonyl (C=O) groups excluding carboxylic acids is 2. The zero-order valence-electron chi connectivity index (χ0n) is 20.0. The Morgan fingerprint density at radius 3 is 1.88 bits per heavy atom. The summed E-state index contributed by atoms with van der Waals surface area (Å²) in [5.41, 5.74) is 0.913. The summed E-state index contributed by atoms with van der Waals surface area (Å²) in [7, 11) is 0. The summed E-state index contributed by atoms with van der Waals surface area (Å²) < 4.78 is 10.6. The average Bonchev–Trinajstić information content (AvgIpc) is 2.82. The monoisotopic (exact) mass is 464 g/mol. The van der Waals surface area contributed by atoms with E-state index in [1.165, 1.54) is 0 Å². The van der Waals surface area contributed by atoms with Crippen LogP contribution in [0.25, 0.3) is 0 Å². The van der Waals surface area contributed by atoms with E-state index in [9.17, 15) is 19.5 Å². The number of benzene rings is 1. The predicted molar refractivity (Wildman–Crippen MR) is 125 cm³/mol. The van der Waals surface area contributed by atoms with E-state index >= 15 is 0 Å². The van der Waals surface area contributed by atoms with Gasteiger partial charge in [0.25, 0.3) is 0 Å². The quantitative estimate of drug-likeness (QED) is 0.302. The molecule has 0 bridgehead atoms. The van der Waals surface area contributed by atoms with Crippen LogP contribution in [0.15, 0.2) is 30.3 Å². The number of carboxylic acids is 1. The van der Waals surface area contributed by atoms with Crippen molar-refractivity contribution in [3.8, 4) is 0 Å². The predicted octanol–water partition coefficient (Wildman–Crippen LogP) is 4.75. The van der Waals surface area contributed by atoms with Crippen molar-refractivity contribution >= 4 is 17.9 Å². The number of carboxylic acid groups (broad SMARTS) is 1. The summed E-state index contributed by atoms with van der Waals surface area (Å²) in [5, 5.41) is 18.2. The van der Waals surface area contributed by atoms with Crippen molar-refractivity contribution in [2.75, 3.05) is 13.2 Å². The molecule has 0 amide bonds. The first-order valence-corrected chi connectivity index (χ1v) is 12.1. The SMILES string of the molecule is CCCC(CCCC(CCCC(CC)C(=O)O)C(=O)OCc1ccccc1)C(=O)OCCO. The third kappa shape index (κ3) is 11.9. The van der Waals surface area contributed by atoms with Gasteiger partial charge in [0.15, 0.2) is 0 Å². The van der Waals surface area contributed by atoms with Crippen molar-refractivity contribution in [2.24, 2.45) is 17.8 Å². The standard InChI is InChI=1S/C26H40O7/c1-3-10-22(25(30)32-18-17-27)14-9-16-23(15-8-13-21(4-2)24(28)29)26(31)33-19-20-11-6-5-7-12-20/h5-7,11-12,21-23,27H,3-4,8-10,13-19H2,1-2H3,(H,28,29). The van der Waals surface area contributed by atoms with Gasteiger partial charge in [-0.15, -0.1) is 0 Å². The topological polar surface area (TPSA) is 110 Å². The first-order chi connectivity index (χ1) is 15.9. The zero-order valence-corrected chi connectivity index (χ0v) is 20.0. The number of aliphatic carboxylic acids is 1. The molecule has 1 rings (SSSR count). The van der Waals surface area contributed by atoms with Gasteiger partial charge < -0.3 is 19.7 Å². The van der Waals surface area contributed by atoms with Crippen LogP contribution < -0.4 is 0 Å². The fourth-order valence-electron chi connectivity index (χ4n) is 3.94. The van der Waals surface area contributed by atoms with Gasteiger partial charge in [0.1, 0.15) is 13.2 Å². The summed E-state index contributed by atoms with van der Waals surface area (Å²) in [6, 6.07) is 9.48. The highest BCUT2D eigenvalue weighted by Gasteiger charge is 2.24. The summed E-state index contributed by atoms with van der Waals surface area (Å²) >= 11 is 0. The molecule has 0 aliphatic rings. The molecule has 0 fully saturated rings. The van der Waals surface area contributed by atoms with Gasteiger partial charge in [-0.25, -0.2) is 0 Å². The molecule has 0 aromatic heterocycles. The molecule has 33 heavy (non-hydrogen) atoms. The van der Waals surface area contributed by atoms with E-state index in [4.69, 9.17) is 14.6 Å². The van der Waals surface area contributed by atoms with Gasteiger partial charge in [0, 0.05) is 0 Å². The van der Waals surface area contributed by atoms with Crippen LogP contribution in [0.3, 0.4) is 0 Å². The Labute approximate surface area is 197 Å². The Hall–Kier alpha value is -2.41. The molecule has 3 atom stereocenters. The Kier molecular flexibility index (Phi) is 14.8. The molecule has 0 spiro atoms. The molecule has 2 N–H and O–H groups in total. The highest BCUT2D eigenvalue weighted by molar-refractivity contribution is 5.73. The van der Waals surface area contributed by atoms with E-state index in [2.05, 4.69) is 0 Å². The molecule has 7 heteroatoms. The molecule has 3 unspecified atom stereocenters. The van der Waals surface area contributed by atoms with E-state index in [1.807, 2.05) is 44.2 Å². The van der Waals surface area contributed by atoms with Crippen LogP contribution in [0.2, 0.25) is 0 Å². The Bertz CT molecular complexity index is 689. The number of rotatable bonds is 18. The summed E-state index contributed by atoms with van der Waals surface area (Å²) in [5.74, 6) is -2.38. The third-order valence-electron chi connectivity index (χ3n) is 5.92. The first kappa shape index (κ1) is 28.6. The number of hydrogen-bond acceptors (Lipinski definition) is 6. The van der Waals surface area contributed by atoms with Crippen molar-refractivity contribution in [3.05, 3.63) is 35.9 Å². The average molecular weight is 465 g/mol. The molecule has 0 aliphatic heterocycles. The summed E-state index contributed by atoms with van der Waals surface area (Å²) in [6.45, 7) is 3.86. The lowest BCUT2D eigenvalue weighted by atomic mass is 9.89. The van der Waals surface area contributed by atoms with Gasteiger partial charge >= 0.3 is 17.9 Å². The highest BCUT2D eigenvalue weighted by atomic mass is 16.5. The van der Waals surface area contributed by atoms with E-state index in [-0.39, 0.29) is 43.6 Å².